The van der Waals surface area contributed by atoms with Gasteiger partial charge in [-0.1, -0.05) is 0 Å². The Labute approximate surface area is 115 Å². The van der Waals surface area contributed by atoms with Crippen LogP contribution in [-0.4, -0.2) is 47.7 Å². The summed E-state index contributed by atoms with van der Waals surface area (Å²) in [6, 6.07) is 5.02. The molecule has 1 saturated heterocycles. The molecule has 1 atom stereocenters. The van der Waals surface area contributed by atoms with Gasteiger partial charge < -0.3 is 15.7 Å². The minimum absolute atomic E-state index is 0.0161. The Hall–Kier alpha value is -2.15. The predicted molar refractivity (Wildman–Crippen MR) is 71.0 cm³/mol. The predicted octanol–water partition coefficient (Wildman–Crippen LogP) is 1.11. The van der Waals surface area contributed by atoms with Gasteiger partial charge in [0, 0.05) is 24.8 Å². The largest absolute Gasteiger partial charge is 0.480 e. The summed E-state index contributed by atoms with van der Waals surface area (Å²) >= 11 is 0. The van der Waals surface area contributed by atoms with Crippen LogP contribution in [0.15, 0.2) is 24.3 Å². The van der Waals surface area contributed by atoms with E-state index < -0.39 is 5.97 Å². The van der Waals surface area contributed by atoms with Crippen molar-refractivity contribution in [2.45, 2.75) is 12.5 Å². The van der Waals surface area contributed by atoms with E-state index in [0.717, 1.165) is 0 Å². The molecule has 0 saturated carbocycles. The highest BCUT2D eigenvalue weighted by Gasteiger charge is 2.24. The van der Waals surface area contributed by atoms with E-state index in [4.69, 9.17) is 5.11 Å². The fraction of sp³-hybridized carbons (Fsp3) is 0.385. The lowest BCUT2D eigenvalue weighted by molar-refractivity contribution is -0.138. The minimum atomic E-state index is -0.874. The number of carbonyl (C=O) groups excluding carboxylic acids is 1. The lowest BCUT2D eigenvalue weighted by Gasteiger charge is -2.15. The Morgan fingerprint density at radius 2 is 2.05 bits per heavy atom. The van der Waals surface area contributed by atoms with Crippen LogP contribution in [0.2, 0.25) is 0 Å². The maximum absolute atomic E-state index is 12.7. The van der Waals surface area contributed by atoms with E-state index in [-0.39, 0.29) is 24.4 Å². The Morgan fingerprint density at radius 3 is 2.70 bits per heavy atom. The van der Waals surface area contributed by atoms with Gasteiger partial charge in [0.2, 0.25) is 0 Å². The zero-order chi connectivity index (χ0) is 14.5. The van der Waals surface area contributed by atoms with Crippen LogP contribution in [0.3, 0.4) is 0 Å². The Morgan fingerprint density at radius 1 is 1.35 bits per heavy atom. The lowest BCUT2D eigenvalue weighted by atomic mass is 10.3. The van der Waals surface area contributed by atoms with Crippen molar-refractivity contribution in [2.24, 2.45) is 0 Å². The maximum Gasteiger partial charge on any atom is 0.319 e. The molecule has 0 radical (unpaired) electrons. The third-order valence-electron chi connectivity index (χ3n) is 3.07. The van der Waals surface area contributed by atoms with Gasteiger partial charge in [0.1, 0.15) is 5.82 Å². The second-order valence-corrected chi connectivity index (χ2v) is 4.72. The van der Waals surface area contributed by atoms with Crippen LogP contribution >= 0.6 is 0 Å². The molecule has 3 N–H and O–H groups in total. The molecule has 20 heavy (non-hydrogen) atoms. The van der Waals surface area contributed by atoms with E-state index in [2.05, 4.69) is 10.6 Å². The zero-order valence-electron chi connectivity index (χ0n) is 10.8. The molecule has 0 spiro atoms. The number of likely N-dealkylation sites (tertiary alicyclic amines) is 1. The molecular weight excluding hydrogens is 265 g/mol. The second-order valence-electron chi connectivity index (χ2n) is 4.72. The number of halogens is 1. The number of hydrogen-bond donors (Lipinski definition) is 3. The van der Waals surface area contributed by atoms with Crippen molar-refractivity contribution in [2.75, 3.05) is 25.0 Å². The van der Waals surface area contributed by atoms with Gasteiger partial charge in [-0.05, 0) is 30.7 Å². The number of nitrogens with one attached hydrogen (secondary N) is 2. The number of urea groups is 1. The van der Waals surface area contributed by atoms with Crippen LogP contribution in [-0.2, 0) is 4.79 Å². The first kappa shape index (κ1) is 14.3. The van der Waals surface area contributed by atoms with Gasteiger partial charge in [0.05, 0.1) is 6.54 Å². The molecule has 0 aromatic heterocycles. The molecule has 1 aliphatic rings. The van der Waals surface area contributed by atoms with Crippen LogP contribution in [0.5, 0.6) is 0 Å². The summed E-state index contributed by atoms with van der Waals surface area (Å²) < 4.78 is 12.7. The van der Waals surface area contributed by atoms with Crippen LogP contribution in [0.1, 0.15) is 6.42 Å². The SMILES string of the molecule is O=C(O)CN1CCC(NC(=O)Nc2ccc(F)cc2)C1. The molecule has 1 aromatic carbocycles. The number of anilines is 1. The molecule has 1 heterocycles. The first-order valence-corrected chi connectivity index (χ1v) is 6.30. The standard InChI is InChI=1S/C13H16FN3O3/c14-9-1-3-10(4-2-9)15-13(20)16-11-5-6-17(7-11)8-12(18)19/h1-4,11H,5-8H2,(H,18,19)(H2,15,16,20). The summed E-state index contributed by atoms with van der Waals surface area (Å²) in [6.07, 6.45) is 0.712. The van der Waals surface area contributed by atoms with Crippen LogP contribution in [0, 0.1) is 5.82 Å². The zero-order valence-corrected chi connectivity index (χ0v) is 10.8. The number of hydrogen-bond acceptors (Lipinski definition) is 3. The molecule has 1 aromatic rings. The fourth-order valence-electron chi connectivity index (χ4n) is 2.17. The second kappa shape index (κ2) is 6.33. The molecule has 108 valence electrons. The Balaban J connectivity index is 1.78. The van der Waals surface area contributed by atoms with Gasteiger partial charge in [0.15, 0.2) is 0 Å². The molecule has 2 amide bonds. The van der Waals surface area contributed by atoms with E-state index >= 15 is 0 Å². The van der Waals surface area contributed by atoms with E-state index in [1.165, 1.54) is 24.3 Å². The number of aliphatic carboxylic acids is 1. The molecule has 0 bridgehead atoms. The molecule has 1 unspecified atom stereocenters. The number of carboxylic acids is 1. The first-order valence-electron chi connectivity index (χ1n) is 6.30. The topological polar surface area (TPSA) is 81.7 Å². The van der Waals surface area contributed by atoms with E-state index in [0.29, 0.717) is 25.2 Å². The van der Waals surface area contributed by atoms with Gasteiger partial charge in [0.25, 0.3) is 0 Å². The number of carboxylic acid groups (broad SMARTS) is 1. The van der Waals surface area contributed by atoms with Crippen molar-refractivity contribution >= 4 is 17.7 Å². The highest BCUT2D eigenvalue weighted by atomic mass is 19.1. The summed E-state index contributed by atoms with van der Waals surface area (Å²) in [4.78, 5) is 24.1. The van der Waals surface area contributed by atoms with Gasteiger partial charge in [-0.25, -0.2) is 9.18 Å². The smallest absolute Gasteiger partial charge is 0.319 e. The number of carbonyl (C=O) groups is 2. The lowest BCUT2D eigenvalue weighted by Crippen LogP contribution is -2.40. The minimum Gasteiger partial charge on any atom is -0.480 e. The third-order valence-corrected chi connectivity index (χ3v) is 3.07. The first-order chi connectivity index (χ1) is 9.52. The average molecular weight is 281 g/mol. The Kier molecular flexibility index (Phi) is 4.52. The molecular formula is C13H16FN3O3. The Bertz CT molecular complexity index is 492. The van der Waals surface area contributed by atoms with Crippen molar-refractivity contribution in [3.63, 3.8) is 0 Å². The average Bonchev–Trinajstić information content (AvgIpc) is 2.78. The van der Waals surface area contributed by atoms with Gasteiger partial charge in [-0.3, -0.25) is 9.69 Å². The van der Waals surface area contributed by atoms with Gasteiger partial charge >= 0.3 is 12.0 Å². The van der Waals surface area contributed by atoms with Crippen molar-refractivity contribution in [1.29, 1.82) is 0 Å². The normalized spacial score (nSPS) is 18.8. The van der Waals surface area contributed by atoms with E-state index in [9.17, 15) is 14.0 Å². The van der Waals surface area contributed by atoms with E-state index in [1.807, 2.05) is 0 Å². The highest BCUT2D eigenvalue weighted by molar-refractivity contribution is 5.89. The fourth-order valence-corrected chi connectivity index (χ4v) is 2.17. The quantitative estimate of drug-likeness (QED) is 0.772. The van der Waals surface area contributed by atoms with Gasteiger partial charge in [-0.15, -0.1) is 0 Å². The van der Waals surface area contributed by atoms with Gasteiger partial charge in [-0.2, -0.15) is 0 Å². The van der Waals surface area contributed by atoms with E-state index in [1.54, 1.807) is 4.90 Å². The number of nitrogens with zero attached hydrogens (tertiary/aromatic N) is 1. The van der Waals surface area contributed by atoms with Crippen molar-refractivity contribution < 1.29 is 19.1 Å². The molecule has 6 nitrogen and oxygen atoms in total. The monoisotopic (exact) mass is 281 g/mol. The summed E-state index contributed by atoms with van der Waals surface area (Å²) in [5.74, 6) is -1.24. The molecule has 2 rings (SSSR count). The van der Waals surface area contributed by atoms with Crippen LogP contribution in [0.25, 0.3) is 0 Å². The van der Waals surface area contributed by atoms with Crippen LogP contribution in [0.4, 0.5) is 14.9 Å². The molecule has 1 aliphatic heterocycles. The maximum atomic E-state index is 12.7. The van der Waals surface area contributed by atoms with Crippen molar-refractivity contribution in [3.8, 4) is 0 Å². The number of benzene rings is 1. The molecule has 0 aliphatic carbocycles. The number of amides is 2. The summed E-state index contributed by atoms with van der Waals surface area (Å²) in [7, 11) is 0. The summed E-state index contributed by atoms with van der Waals surface area (Å²) in [6.45, 7) is 1.15. The van der Waals surface area contributed by atoms with Crippen molar-refractivity contribution in [3.05, 3.63) is 30.1 Å². The summed E-state index contributed by atoms with van der Waals surface area (Å²) in [5.41, 5.74) is 0.504. The van der Waals surface area contributed by atoms with Crippen LogP contribution < -0.4 is 10.6 Å². The highest BCUT2D eigenvalue weighted by Crippen LogP contribution is 2.10. The number of rotatable bonds is 4. The van der Waals surface area contributed by atoms with Crippen molar-refractivity contribution in [1.82, 2.24) is 10.2 Å². The molecule has 7 heteroatoms. The summed E-state index contributed by atoms with van der Waals surface area (Å²) in [5, 5.41) is 14.1. The molecule has 1 fully saturated rings. The third kappa shape index (κ3) is 4.20.